The number of ether oxygens (including phenoxy) is 1. The molecule has 1 amide bonds. The normalized spacial score (nSPS) is 21.0. The zero-order chi connectivity index (χ0) is 19.7. The van der Waals surface area contributed by atoms with Crippen LogP contribution in [0.4, 0.5) is 0 Å². The Balaban J connectivity index is 1.64. The Kier molecular flexibility index (Phi) is 4.94. The van der Waals surface area contributed by atoms with Gasteiger partial charge in [0.2, 0.25) is 5.91 Å². The van der Waals surface area contributed by atoms with Gasteiger partial charge in [-0.1, -0.05) is 24.6 Å². The lowest BCUT2D eigenvalue weighted by atomic mass is 9.67. The van der Waals surface area contributed by atoms with Gasteiger partial charge in [-0.15, -0.1) is 0 Å². The molecule has 0 bridgehead atoms. The summed E-state index contributed by atoms with van der Waals surface area (Å²) in [5, 5.41) is 14.3. The van der Waals surface area contributed by atoms with Crippen LogP contribution in [0.15, 0.2) is 30.3 Å². The van der Waals surface area contributed by atoms with Gasteiger partial charge in [0.1, 0.15) is 0 Å². The number of aryl methyl sites for hydroxylation is 1. The number of para-hydroxylation sites is 1. The highest BCUT2D eigenvalue weighted by Gasteiger charge is 2.42. The van der Waals surface area contributed by atoms with Gasteiger partial charge in [0.25, 0.3) is 0 Å². The number of nitrogens with zero attached hydrogens (tertiary/aromatic N) is 4. The van der Waals surface area contributed by atoms with Crippen molar-refractivity contribution in [3.8, 4) is 11.8 Å². The molecule has 2 aromatic rings. The monoisotopic (exact) mass is 378 g/mol. The third kappa shape index (κ3) is 3.20. The molecule has 1 unspecified atom stereocenters. The van der Waals surface area contributed by atoms with Crippen molar-refractivity contribution in [2.24, 2.45) is 5.41 Å². The smallest absolute Gasteiger partial charge is 0.224 e. The maximum Gasteiger partial charge on any atom is 0.224 e. The molecule has 1 saturated carbocycles. The van der Waals surface area contributed by atoms with Crippen LogP contribution < -0.4 is 0 Å². The van der Waals surface area contributed by atoms with E-state index < -0.39 is 5.41 Å². The van der Waals surface area contributed by atoms with Crippen LogP contribution in [0, 0.1) is 30.6 Å². The van der Waals surface area contributed by atoms with Crippen LogP contribution in [-0.2, 0) is 9.53 Å². The summed E-state index contributed by atoms with van der Waals surface area (Å²) in [5.41, 5.74) is 3.53. The van der Waals surface area contributed by atoms with Gasteiger partial charge in [-0.25, -0.2) is 4.68 Å². The van der Waals surface area contributed by atoms with Crippen molar-refractivity contribution in [2.75, 3.05) is 19.8 Å². The van der Waals surface area contributed by atoms with Crippen LogP contribution in [0.1, 0.15) is 48.7 Å². The topological polar surface area (TPSA) is 71.2 Å². The van der Waals surface area contributed by atoms with Gasteiger partial charge in [0.05, 0.1) is 42.1 Å². The first kappa shape index (κ1) is 18.7. The van der Waals surface area contributed by atoms with E-state index in [4.69, 9.17) is 9.84 Å². The molecule has 6 nitrogen and oxygen atoms in total. The average Bonchev–Trinajstić information content (AvgIpc) is 2.99. The van der Waals surface area contributed by atoms with E-state index >= 15 is 0 Å². The van der Waals surface area contributed by atoms with Crippen molar-refractivity contribution >= 4 is 5.91 Å². The van der Waals surface area contributed by atoms with E-state index in [-0.39, 0.29) is 11.9 Å². The van der Waals surface area contributed by atoms with Crippen molar-refractivity contribution in [3.63, 3.8) is 0 Å². The quantitative estimate of drug-likeness (QED) is 0.817. The highest BCUT2D eigenvalue weighted by molar-refractivity contribution is 5.78. The Bertz CT molecular complexity index is 909. The van der Waals surface area contributed by atoms with E-state index in [2.05, 4.69) is 6.07 Å². The summed E-state index contributed by atoms with van der Waals surface area (Å²) in [4.78, 5) is 15.1. The predicted octanol–water partition coefficient (Wildman–Crippen LogP) is 3.47. The molecule has 1 aliphatic carbocycles. The Hall–Kier alpha value is -2.65. The first-order valence-electron chi connectivity index (χ1n) is 9.95. The number of hydrogen-bond acceptors (Lipinski definition) is 4. The molecular weight excluding hydrogens is 352 g/mol. The first-order valence-corrected chi connectivity index (χ1v) is 9.95. The number of rotatable bonds is 4. The number of carbonyl (C=O) groups is 1. The molecule has 1 atom stereocenters. The van der Waals surface area contributed by atoms with E-state index in [1.165, 1.54) is 0 Å². The fourth-order valence-corrected chi connectivity index (χ4v) is 4.42. The molecule has 4 rings (SSSR count). The second-order valence-electron chi connectivity index (χ2n) is 7.93. The van der Waals surface area contributed by atoms with Crippen molar-refractivity contribution in [1.82, 2.24) is 14.7 Å². The zero-order valence-corrected chi connectivity index (χ0v) is 16.5. The lowest BCUT2D eigenvalue weighted by Crippen LogP contribution is -2.46. The molecule has 1 aromatic heterocycles. The van der Waals surface area contributed by atoms with Gasteiger partial charge in [-0.2, -0.15) is 10.4 Å². The summed E-state index contributed by atoms with van der Waals surface area (Å²) in [6, 6.07) is 12.2. The lowest BCUT2D eigenvalue weighted by Gasteiger charge is -2.40. The standard InChI is InChI=1S/C22H26N4O2/c1-16-21(17(2)26(24-16)18-7-4-3-5-8-18)19-14-28-12-11-25(19)20(27)13-22(15-23)9-6-10-22/h3-5,7-8,19H,6,9-14H2,1-2H3. The summed E-state index contributed by atoms with van der Waals surface area (Å²) in [5.74, 6) is 0.0563. The van der Waals surface area contributed by atoms with Crippen molar-refractivity contribution in [2.45, 2.75) is 45.6 Å². The van der Waals surface area contributed by atoms with E-state index in [1.807, 2.05) is 53.8 Å². The fraction of sp³-hybridized carbons (Fsp3) is 0.500. The van der Waals surface area contributed by atoms with Crippen LogP contribution in [0.3, 0.4) is 0 Å². The number of nitriles is 1. The van der Waals surface area contributed by atoms with Gasteiger partial charge >= 0.3 is 0 Å². The van der Waals surface area contributed by atoms with Crippen molar-refractivity contribution in [3.05, 3.63) is 47.3 Å². The maximum atomic E-state index is 13.1. The molecule has 2 aliphatic rings. The summed E-state index contributed by atoms with van der Waals surface area (Å²) in [6.07, 6.45) is 3.00. The minimum absolute atomic E-state index is 0.0563. The Labute approximate surface area is 165 Å². The minimum atomic E-state index is -0.460. The first-order chi connectivity index (χ1) is 13.5. The summed E-state index contributed by atoms with van der Waals surface area (Å²) >= 11 is 0. The van der Waals surface area contributed by atoms with Crippen molar-refractivity contribution in [1.29, 1.82) is 5.26 Å². The molecule has 2 heterocycles. The van der Waals surface area contributed by atoms with Crippen LogP contribution in [0.5, 0.6) is 0 Å². The summed E-state index contributed by atoms with van der Waals surface area (Å²) in [6.45, 7) is 5.59. The van der Waals surface area contributed by atoms with E-state index in [0.29, 0.717) is 26.2 Å². The Morgan fingerprint density at radius 1 is 1.32 bits per heavy atom. The highest BCUT2D eigenvalue weighted by atomic mass is 16.5. The van der Waals surface area contributed by atoms with Crippen LogP contribution in [0.2, 0.25) is 0 Å². The van der Waals surface area contributed by atoms with Crippen LogP contribution >= 0.6 is 0 Å². The van der Waals surface area contributed by atoms with Gasteiger partial charge in [-0.3, -0.25) is 4.79 Å². The fourth-order valence-electron chi connectivity index (χ4n) is 4.42. The number of hydrogen-bond donors (Lipinski definition) is 0. The van der Waals surface area contributed by atoms with Crippen molar-refractivity contribution < 1.29 is 9.53 Å². The van der Waals surface area contributed by atoms with Gasteiger partial charge in [0, 0.05) is 24.2 Å². The predicted molar refractivity (Wildman–Crippen MR) is 105 cm³/mol. The highest BCUT2D eigenvalue weighted by Crippen LogP contribution is 2.44. The van der Waals surface area contributed by atoms with Gasteiger partial charge in [-0.05, 0) is 38.8 Å². The second-order valence-corrected chi connectivity index (χ2v) is 7.93. The lowest BCUT2D eigenvalue weighted by molar-refractivity contribution is -0.143. The molecular formula is C22H26N4O2. The molecule has 1 aliphatic heterocycles. The van der Waals surface area contributed by atoms with Gasteiger partial charge in [0.15, 0.2) is 0 Å². The van der Waals surface area contributed by atoms with E-state index in [1.54, 1.807) is 0 Å². The number of carbonyl (C=O) groups excluding carboxylic acids is 1. The van der Waals surface area contributed by atoms with Crippen LogP contribution in [0.25, 0.3) is 5.69 Å². The number of aromatic nitrogens is 2. The molecule has 0 N–H and O–H groups in total. The summed E-state index contributed by atoms with van der Waals surface area (Å²) in [7, 11) is 0. The molecule has 0 spiro atoms. The molecule has 1 aromatic carbocycles. The SMILES string of the molecule is Cc1nn(-c2ccccc2)c(C)c1C1COCCN1C(=O)CC1(C#N)CCC1. The molecule has 146 valence electrons. The molecule has 0 radical (unpaired) electrons. The van der Waals surface area contributed by atoms with Gasteiger partial charge < -0.3 is 9.64 Å². The third-order valence-corrected chi connectivity index (χ3v) is 6.17. The maximum absolute atomic E-state index is 13.1. The van der Waals surface area contributed by atoms with Crippen LogP contribution in [-0.4, -0.2) is 40.3 Å². The molecule has 28 heavy (non-hydrogen) atoms. The molecule has 6 heteroatoms. The zero-order valence-electron chi connectivity index (χ0n) is 16.5. The number of morpholine rings is 1. The largest absolute Gasteiger partial charge is 0.377 e. The molecule has 1 saturated heterocycles. The number of benzene rings is 1. The Morgan fingerprint density at radius 3 is 2.71 bits per heavy atom. The third-order valence-electron chi connectivity index (χ3n) is 6.17. The average molecular weight is 378 g/mol. The van der Waals surface area contributed by atoms with E-state index in [9.17, 15) is 10.1 Å². The van der Waals surface area contributed by atoms with E-state index in [0.717, 1.165) is 41.9 Å². The summed E-state index contributed by atoms with van der Waals surface area (Å²) < 4.78 is 7.68. The second kappa shape index (κ2) is 7.40. The number of amides is 1. The molecule has 2 fully saturated rings. The Morgan fingerprint density at radius 2 is 2.07 bits per heavy atom. The minimum Gasteiger partial charge on any atom is -0.377 e.